The maximum absolute atomic E-state index is 13.3. The van der Waals surface area contributed by atoms with Crippen LogP contribution in [0.15, 0.2) is 47.4 Å². The van der Waals surface area contributed by atoms with Crippen LogP contribution in [0.25, 0.3) is 0 Å². The maximum Gasteiger partial charge on any atom is 0.261 e. The van der Waals surface area contributed by atoms with E-state index in [9.17, 15) is 22.4 Å². The normalized spacial score (nSPS) is 10.6. The van der Waals surface area contributed by atoms with Crippen LogP contribution in [0.3, 0.4) is 0 Å². The van der Waals surface area contributed by atoms with Gasteiger partial charge in [0.2, 0.25) is 5.91 Å². The number of benzene rings is 2. The number of rotatable bonds is 7. The molecule has 0 fully saturated rings. The minimum atomic E-state index is -3.90. The lowest BCUT2D eigenvalue weighted by Gasteiger charge is -2.10. The number of carbonyl (C=O) groups is 2. The molecule has 0 atom stereocenters. The molecule has 0 bridgehead atoms. The van der Waals surface area contributed by atoms with Crippen molar-refractivity contribution in [3.05, 3.63) is 59.4 Å². The van der Waals surface area contributed by atoms with Crippen LogP contribution in [0, 0.1) is 25.1 Å². The Morgan fingerprint density at radius 3 is 2.39 bits per heavy atom. The monoisotopic (exact) mass is 403 g/mol. The zero-order valence-corrected chi connectivity index (χ0v) is 15.8. The van der Waals surface area contributed by atoms with Crippen LogP contribution < -0.4 is 15.4 Å². The second kappa shape index (κ2) is 9.01. The largest absolute Gasteiger partial charge is 0.344 e. The predicted molar refractivity (Wildman–Crippen MR) is 103 cm³/mol. The highest BCUT2D eigenvalue weighted by atomic mass is 32.2. The fourth-order valence-corrected chi connectivity index (χ4v) is 3.31. The molecule has 0 saturated heterocycles. The third-order valence-electron chi connectivity index (χ3n) is 3.64. The van der Waals surface area contributed by atoms with Gasteiger partial charge in [-0.05, 0) is 55.0 Å². The molecule has 28 heavy (non-hydrogen) atoms. The summed E-state index contributed by atoms with van der Waals surface area (Å²) >= 11 is 0. The van der Waals surface area contributed by atoms with Crippen molar-refractivity contribution in [3.63, 3.8) is 0 Å². The standard InChI is InChI=1S/C19H18FN3O4S/c1-3-10-21-18(24)12-22-19(25)14-4-6-15(7-5-14)23-28(26,27)16-8-9-17(20)13(2)11-16/h1,4-9,11,23H,10,12H2,2H3,(H,21,24)(H,22,25). The van der Waals surface area contributed by atoms with Gasteiger partial charge in [0.05, 0.1) is 18.0 Å². The van der Waals surface area contributed by atoms with Crippen molar-refractivity contribution in [2.45, 2.75) is 11.8 Å². The van der Waals surface area contributed by atoms with E-state index in [2.05, 4.69) is 21.3 Å². The number of halogens is 1. The highest BCUT2D eigenvalue weighted by Crippen LogP contribution is 2.19. The third kappa shape index (κ3) is 5.56. The number of sulfonamides is 1. The van der Waals surface area contributed by atoms with E-state index in [4.69, 9.17) is 6.42 Å². The third-order valence-corrected chi connectivity index (χ3v) is 5.02. The molecule has 0 aliphatic rings. The van der Waals surface area contributed by atoms with Crippen molar-refractivity contribution in [2.75, 3.05) is 17.8 Å². The lowest BCUT2D eigenvalue weighted by Crippen LogP contribution is -2.37. The quantitative estimate of drug-likeness (QED) is 0.608. The molecule has 9 heteroatoms. The molecular formula is C19H18FN3O4S. The Balaban J connectivity index is 2.02. The van der Waals surface area contributed by atoms with E-state index in [0.29, 0.717) is 0 Å². The van der Waals surface area contributed by atoms with Gasteiger partial charge in [-0.1, -0.05) is 5.92 Å². The highest BCUT2D eigenvalue weighted by molar-refractivity contribution is 7.92. The predicted octanol–water partition coefficient (Wildman–Crippen LogP) is 1.41. The average molecular weight is 403 g/mol. The summed E-state index contributed by atoms with van der Waals surface area (Å²) in [5.74, 6) is 0.817. The summed E-state index contributed by atoms with van der Waals surface area (Å²) in [5, 5.41) is 4.83. The molecule has 7 nitrogen and oxygen atoms in total. The summed E-state index contributed by atoms with van der Waals surface area (Å²) in [6, 6.07) is 9.09. The Hall–Kier alpha value is -3.38. The molecule has 2 rings (SSSR count). The summed E-state index contributed by atoms with van der Waals surface area (Å²) in [4.78, 5) is 23.3. The number of hydrogen-bond acceptors (Lipinski definition) is 4. The molecule has 2 aromatic carbocycles. The molecule has 0 aliphatic heterocycles. The Labute approximate surface area is 162 Å². The molecule has 0 heterocycles. The Morgan fingerprint density at radius 2 is 1.79 bits per heavy atom. The Bertz CT molecular complexity index is 1030. The lowest BCUT2D eigenvalue weighted by atomic mass is 10.2. The first-order valence-electron chi connectivity index (χ1n) is 8.10. The Kier molecular flexibility index (Phi) is 6.74. The van der Waals surface area contributed by atoms with Crippen molar-refractivity contribution < 1.29 is 22.4 Å². The second-order valence-electron chi connectivity index (χ2n) is 5.76. The van der Waals surface area contributed by atoms with Crippen LogP contribution in [-0.4, -0.2) is 33.3 Å². The van der Waals surface area contributed by atoms with Gasteiger partial charge in [-0.15, -0.1) is 6.42 Å². The zero-order chi connectivity index (χ0) is 20.7. The van der Waals surface area contributed by atoms with Gasteiger partial charge in [0.1, 0.15) is 5.82 Å². The van der Waals surface area contributed by atoms with Gasteiger partial charge in [0.15, 0.2) is 0 Å². The van der Waals surface area contributed by atoms with Crippen LogP contribution in [0.2, 0.25) is 0 Å². The number of terminal acetylenes is 1. The molecular weight excluding hydrogens is 385 g/mol. The molecule has 0 unspecified atom stereocenters. The fourth-order valence-electron chi connectivity index (χ4n) is 2.16. The number of hydrogen-bond donors (Lipinski definition) is 3. The number of amides is 2. The van der Waals surface area contributed by atoms with Crippen molar-refractivity contribution in [3.8, 4) is 12.3 Å². The van der Waals surface area contributed by atoms with E-state index < -0.39 is 27.7 Å². The van der Waals surface area contributed by atoms with E-state index in [1.54, 1.807) is 0 Å². The van der Waals surface area contributed by atoms with Crippen LogP contribution >= 0.6 is 0 Å². The topological polar surface area (TPSA) is 104 Å². The van der Waals surface area contributed by atoms with E-state index in [-0.39, 0.29) is 34.8 Å². The van der Waals surface area contributed by atoms with Gasteiger partial charge in [-0.3, -0.25) is 14.3 Å². The molecule has 3 N–H and O–H groups in total. The summed E-state index contributed by atoms with van der Waals surface area (Å²) in [5.41, 5.74) is 0.678. The van der Waals surface area contributed by atoms with E-state index >= 15 is 0 Å². The smallest absolute Gasteiger partial charge is 0.261 e. The van der Waals surface area contributed by atoms with E-state index in [0.717, 1.165) is 12.1 Å². The zero-order valence-electron chi connectivity index (χ0n) is 15.0. The number of aryl methyl sites for hydroxylation is 1. The van der Waals surface area contributed by atoms with Gasteiger partial charge in [-0.2, -0.15) is 0 Å². The van der Waals surface area contributed by atoms with Crippen molar-refractivity contribution >= 4 is 27.5 Å². The van der Waals surface area contributed by atoms with Gasteiger partial charge in [0, 0.05) is 11.3 Å². The molecule has 0 aromatic heterocycles. The van der Waals surface area contributed by atoms with Crippen LogP contribution in [0.1, 0.15) is 15.9 Å². The number of anilines is 1. The minimum Gasteiger partial charge on any atom is -0.344 e. The molecule has 0 radical (unpaired) electrons. The molecule has 0 spiro atoms. The van der Waals surface area contributed by atoms with Crippen molar-refractivity contribution in [1.82, 2.24) is 10.6 Å². The molecule has 0 saturated carbocycles. The first kappa shape index (κ1) is 20.9. The SMILES string of the molecule is C#CCNC(=O)CNC(=O)c1ccc(NS(=O)(=O)c2ccc(F)c(C)c2)cc1. The van der Waals surface area contributed by atoms with Gasteiger partial charge in [0.25, 0.3) is 15.9 Å². The molecule has 0 aliphatic carbocycles. The lowest BCUT2D eigenvalue weighted by molar-refractivity contribution is -0.119. The average Bonchev–Trinajstić information content (AvgIpc) is 2.66. The minimum absolute atomic E-state index is 0.0666. The number of nitrogens with one attached hydrogen (secondary N) is 3. The highest BCUT2D eigenvalue weighted by Gasteiger charge is 2.16. The van der Waals surface area contributed by atoms with Crippen LogP contribution in [0.5, 0.6) is 0 Å². The van der Waals surface area contributed by atoms with Crippen molar-refractivity contribution in [2.24, 2.45) is 0 Å². The summed E-state index contributed by atoms with van der Waals surface area (Å²) < 4.78 is 40.4. The van der Waals surface area contributed by atoms with Crippen LogP contribution in [0.4, 0.5) is 10.1 Å². The Morgan fingerprint density at radius 1 is 1.11 bits per heavy atom. The second-order valence-corrected chi connectivity index (χ2v) is 7.44. The molecule has 2 aromatic rings. The molecule has 2 amide bonds. The fraction of sp³-hybridized carbons (Fsp3) is 0.158. The number of carbonyl (C=O) groups excluding carboxylic acids is 2. The van der Waals surface area contributed by atoms with Gasteiger partial charge >= 0.3 is 0 Å². The first-order valence-corrected chi connectivity index (χ1v) is 9.58. The van der Waals surface area contributed by atoms with Gasteiger partial charge in [-0.25, -0.2) is 12.8 Å². The first-order chi connectivity index (χ1) is 13.2. The van der Waals surface area contributed by atoms with E-state index in [1.807, 2.05) is 0 Å². The summed E-state index contributed by atoms with van der Waals surface area (Å²) in [6.07, 6.45) is 5.02. The van der Waals surface area contributed by atoms with Crippen LogP contribution in [-0.2, 0) is 14.8 Å². The summed E-state index contributed by atoms with van der Waals surface area (Å²) in [7, 11) is -3.90. The van der Waals surface area contributed by atoms with E-state index in [1.165, 1.54) is 37.3 Å². The van der Waals surface area contributed by atoms with Gasteiger partial charge < -0.3 is 10.6 Å². The maximum atomic E-state index is 13.3. The van der Waals surface area contributed by atoms with Crippen molar-refractivity contribution in [1.29, 1.82) is 0 Å². The molecule has 146 valence electrons. The summed E-state index contributed by atoms with van der Waals surface area (Å²) in [6.45, 7) is 1.30.